The molecule has 0 aliphatic carbocycles. The van der Waals surface area contributed by atoms with Gasteiger partial charge in [-0.2, -0.15) is 11.8 Å². The molecule has 0 aromatic carbocycles. The first-order valence-corrected chi connectivity index (χ1v) is 7.49. The maximum absolute atomic E-state index is 12.1. The van der Waals surface area contributed by atoms with Crippen LogP contribution in [0.15, 0.2) is 0 Å². The van der Waals surface area contributed by atoms with Gasteiger partial charge >= 0.3 is 0 Å². The SMILES string of the molecule is CSC(CO)C(C)NC(=O)C1CCCN(C)C1. The van der Waals surface area contributed by atoms with Crippen molar-refractivity contribution in [3.05, 3.63) is 0 Å². The van der Waals surface area contributed by atoms with Crippen molar-refractivity contribution in [3.8, 4) is 0 Å². The lowest BCUT2D eigenvalue weighted by atomic mass is 9.97. The highest BCUT2D eigenvalue weighted by Gasteiger charge is 2.26. The highest BCUT2D eigenvalue weighted by atomic mass is 32.2. The van der Waals surface area contributed by atoms with Gasteiger partial charge in [-0.1, -0.05) is 0 Å². The summed E-state index contributed by atoms with van der Waals surface area (Å²) in [5.41, 5.74) is 0. The predicted molar refractivity (Wildman–Crippen MR) is 72.2 cm³/mol. The summed E-state index contributed by atoms with van der Waals surface area (Å²) in [5.74, 6) is 0.244. The van der Waals surface area contributed by atoms with Gasteiger partial charge in [-0.15, -0.1) is 0 Å². The van der Waals surface area contributed by atoms with Crippen LogP contribution in [0.3, 0.4) is 0 Å². The molecule has 1 heterocycles. The second kappa shape index (κ2) is 7.24. The van der Waals surface area contributed by atoms with Crippen LogP contribution in [0.4, 0.5) is 0 Å². The lowest BCUT2D eigenvalue weighted by Gasteiger charge is -2.30. The number of nitrogens with zero attached hydrogens (tertiary/aromatic N) is 1. The largest absolute Gasteiger partial charge is 0.395 e. The first-order chi connectivity index (χ1) is 8.08. The zero-order valence-electron chi connectivity index (χ0n) is 11.0. The minimum Gasteiger partial charge on any atom is -0.395 e. The van der Waals surface area contributed by atoms with Crippen LogP contribution in [0, 0.1) is 5.92 Å². The maximum atomic E-state index is 12.1. The summed E-state index contributed by atoms with van der Waals surface area (Å²) in [5, 5.41) is 12.3. The second-order valence-electron chi connectivity index (χ2n) is 4.86. The Balaban J connectivity index is 2.42. The van der Waals surface area contributed by atoms with Gasteiger partial charge in [-0.3, -0.25) is 4.79 Å². The minimum absolute atomic E-state index is 0.0229. The van der Waals surface area contributed by atoms with E-state index in [9.17, 15) is 9.90 Å². The van der Waals surface area contributed by atoms with Crippen molar-refractivity contribution in [2.75, 3.05) is 33.0 Å². The van der Waals surface area contributed by atoms with E-state index < -0.39 is 0 Å². The van der Waals surface area contributed by atoms with Gasteiger partial charge in [0.1, 0.15) is 0 Å². The highest BCUT2D eigenvalue weighted by Crippen LogP contribution is 2.16. The minimum atomic E-state index is 0.0229. The number of thioether (sulfide) groups is 1. The Morgan fingerprint density at radius 1 is 1.65 bits per heavy atom. The first-order valence-electron chi connectivity index (χ1n) is 6.21. The fraction of sp³-hybridized carbons (Fsp3) is 0.917. The van der Waals surface area contributed by atoms with Gasteiger partial charge in [0, 0.05) is 17.8 Å². The lowest BCUT2D eigenvalue weighted by molar-refractivity contribution is -0.127. The normalized spacial score (nSPS) is 25.3. The molecular weight excluding hydrogens is 236 g/mol. The molecule has 0 spiro atoms. The van der Waals surface area contributed by atoms with E-state index in [0.717, 1.165) is 25.9 Å². The number of likely N-dealkylation sites (tertiary alicyclic amines) is 1. The molecule has 5 heteroatoms. The standard InChI is InChI=1S/C12H24N2O2S/c1-9(11(8-15)17-3)13-12(16)10-5-4-6-14(2)7-10/h9-11,15H,4-8H2,1-3H3,(H,13,16). The van der Waals surface area contributed by atoms with Gasteiger partial charge in [0.05, 0.1) is 12.5 Å². The number of aliphatic hydroxyl groups is 1. The molecule has 0 saturated carbocycles. The van der Waals surface area contributed by atoms with Crippen molar-refractivity contribution >= 4 is 17.7 Å². The topological polar surface area (TPSA) is 52.6 Å². The number of carbonyl (C=O) groups excluding carboxylic acids is 1. The lowest BCUT2D eigenvalue weighted by Crippen LogP contribution is -2.47. The number of hydrogen-bond acceptors (Lipinski definition) is 4. The van der Waals surface area contributed by atoms with Crippen LogP contribution in [0.5, 0.6) is 0 Å². The summed E-state index contributed by atoms with van der Waals surface area (Å²) in [6.07, 6.45) is 4.03. The Kier molecular flexibility index (Phi) is 6.30. The van der Waals surface area contributed by atoms with Gasteiger partial charge in [-0.25, -0.2) is 0 Å². The molecule has 4 nitrogen and oxygen atoms in total. The molecule has 17 heavy (non-hydrogen) atoms. The van der Waals surface area contributed by atoms with Crippen LogP contribution in [-0.4, -0.2) is 60.2 Å². The quantitative estimate of drug-likeness (QED) is 0.758. The third-order valence-electron chi connectivity index (χ3n) is 3.41. The van der Waals surface area contributed by atoms with E-state index in [4.69, 9.17) is 0 Å². The third-order valence-corrected chi connectivity index (χ3v) is 4.57. The van der Waals surface area contributed by atoms with E-state index in [2.05, 4.69) is 17.3 Å². The number of piperidine rings is 1. The fourth-order valence-corrected chi connectivity index (χ4v) is 2.88. The Morgan fingerprint density at radius 3 is 2.88 bits per heavy atom. The van der Waals surface area contributed by atoms with E-state index >= 15 is 0 Å². The molecule has 1 aliphatic heterocycles. The Hall–Kier alpha value is -0.260. The van der Waals surface area contributed by atoms with Crippen LogP contribution < -0.4 is 5.32 Å². The van der Waals surface area contributed by atoms with Crippen molar-refractivity contribution in [3.63, 3.8) is 0 Å². The van der Waals surface area contributed by atoms with Crippen LogP contribution in [0.1, 0.15) is 19.8 Å². The van der Waals surface area contributed by atoms with Crippen LogP contribution in [0.2, 0.25) is 0 Å². The van der Waals surface area contributed by atoms with Crippen molar-refractivity contribution < 1.29 is 9.90 Å². The van der Waals surface area contributed by atoms with Crippen LogP contribution >= 0.6 is 11.8 Å². The molecular formula is C12H24N2O2S. The molecule has 0 aromatic rings. The van der Waals surface area contributed by atoms with Gasteiger partial charge in [0.2, 0.25) is 5.91 Å². The fourth-order valence-electron chi connectivity index (χ4n) is 2.25. The molecule has 100 valence electrons. The van der Waals surface area contributed by atoms with Crippen LogP contribution in [0.25, 0.3) is 0 Å². The van der Waals surface area contributed by atoms with Gasteiger partial charge in [-0.05, 0) is 39.6 Å². The molecule has 1 saturated heterocycles. The zero-order chi connectivity index (χ0) is 12.8. The number of aliphatic hydroxyl groups excluding tert-OH is 1. The number of amides is 1. The maximum Gasteiger partial charge on any atom is 0.224 e. The zero-order valence-corrected chi connectivity index (χ0v) is 11.8. The first kappa shape index (κ1) is 14.8. The van der Waals surface area contributed by atoms with E-state index in [1.54, 1.807) is 11.8 Å². The second-order valence-corrected chi connectivity index (χ2v) is 5.93. The molecule has 0 radical (unpaired) electrons. The summed E-state index contributed by atoms with van der Waals surface area (Å²) in [7, 11) is 2.06. The van der Waals surface area contributed by atoms with E-state index in [1.807, 2.05) is 13.2 Å². The average Bonchev–Trinajstić information content (AvgIpc) is 2.30. The number of carbonyl (C=O) groups is 1. The van der Waals surface area contributed by atoms with Crippen molar-refractivity contribution in [1.29, 1.82) is 0 Å². The summed E-state index contributed by atoms with van der Waals surface area (Å²) in [6.45, 7) is 4.00. The third kappa shape index (κ3) is 4.48. The monoisotopic (exact) mass is 260 g/mol. The Morgan fingerprint density at radius 2 is 2.35 bits per heavy atom. The van der Waals surface area contributed by atoms with Crippen molar-refractivity contribution in [1.82, 2.24) is 10.2 Å². The molecule has 1 aliphatic rings. The molecule has 1 amide bonds. The Bertz CT molecular complexity index is 247. The summed E-state index contributed by atoms with van der Waals surface area (Å²) < 4.78 is 0. The molecule has 1 fully saturated rings. The highest BCUT2D eigenvalue weighted by molar-refractivity contribution is 7.99. The predicted octanol–water partition coefficient (Wildman–Crippen LogP) is 0.557. The number of rotatable bonds is 5. The van der Waals surface area contributed by atoms with Gasteiger partial charge in [0.15, 0.2) is 0 Å². The summed E-state index contributed by atoms with van der Waals surface area (Å²) in [4.78, 5) is 14.3. The molecule has 2 N–H and O–H groups in total. The summed E-state index contributed by atoms with van der Waals surface area (Å²) >= 11 is 1.59. The molecule has 3 unspecified atom stereocenters. The molecule has 3 atom stereocenters. The van der Waals surface area contributed by atoms with E-state index in [0.29, 0.717) is 0 Å². The van der Waals surface area contributed by atoms with E-state index in [1.165, 1.54) is 0 Å². The van der Waals surface area contributed by atoms with Crippen LogP contribution in [-0.2, 0) is 4.79 Å². The smallest absolute Gasteiger partial charge is 0.224 e. The average molecular weight is 260 g/mol. The number of hydrogen-bond donors (Lipinski definition) is 2. The Labute approximate surface area is 108 Å². The molecule has 0 bridgehead atoms. The van der Waals surface area contributed by atoms with E-state index in [-0.39, 0.29) is 29.7 Å². The molecule has 0 aromatic heterocycles. The van der Waals surface area contributed by atoms with Gasteiger partial charge in [0.25, 0.3) is 0 Å². The van der Waals surface area contributed by atoms with Crippen molar-refractivity contribution in [2.24, 2.45) is 5.92 Å². The summed E-state index contributed by atoms with van der Waals surface area (Å²) in [6, 6.07) is 0.0229. The molecule has 1 rings (SSSR count). The number of nitrogens with one attached hydrogen (secondary N) is 1. The van der Waals surface area contributed by atoms with Gasteiger partial charge < -0.3 is 15.3 Å². The van der Waals surface area contributed by atoms with Crippen molar-refractivity contribution in [2.45, 2.75) is 31.1 Å².